The van der Waals surface area contributed by atoms with Gasteiger partial charge in [-0.2, -0.15) is 0 Å². The molecule has 0 unspecified atom stereocenters. The van der Waals surface area contributed by atoms with Crippen LogP contribution in [0.3, 0.4) is 0 Å². The van der Waals surface area contributed by atoms with E-state index in [2.05, 4.69) is 15.6 Å². The van der Waals surface area contributed by atoms with Crippen molar-refractivity contribution < 1.29 is 33.0 Å². The summed E-state index contributed by atoms with van der Waals surface area (Å²) >= 11 is 0. The van der Waals surface area contributed by atoms with E-state index in [0.29, 0.717) is 30.8 Å². The number of hydrogen-bond donors (Lipinski definition) is 2. The van der Waals surface area contributed by atoms with Crippen LogP contribution < -0.4 is 24.8 Å². The number of amides is 3. The first-order chi connectivity index (χ1) is 21.4. The molecule has 1 fully saturated rings. The molecular weight excluding hydrogens is 569 g/mol. The standard InChI is InChI=1S/C32H32FN5O6/c1-42-28-7-6-21-14-29(28)43-18-30(39)34-16-20-12-22(33)15-23(13-20)44-27-8-10-37(17-25(27)36-32(21)41)31(40)9-11-38-19-35-24-4-2-3-5-26(24)38/h2-7,12-15,19,25,27H,8-11,16-18H2,1H3,(H,34,39)(H,36,41)/t25-,27+/m0/s1. The van der Waals surface area contributed by atoms with Gasteiger partial charge >= 0.3 is 0 Å². The van der Waals surface area contributed by atoms with Crippen molar-refractivity contribution in [2.24, 2.45) is 0 Å². The third-order valence-corrected chi connectivity index (χ3v) is 7.81. The summed E-state index contributed by atoms with van der Waals surface area (Å²) in [6.07, 6.45) is 1.84. The van der Waals surface area contributed by atoms with Gasteiger partial charge in [0, 0.05) is 50.7 Å². The highest BCUT2D eigenvalue weighted by atomic mass is 19.1. The fraction of sp³-hybridized carbons (Fsp3) is 0.312. The SMILES string of the molecule is COc1ccc2cc1OCC(=O)NCc1cc(F)cc(c1)O[C@@H]1CCN(C(=O)CCn3cnc4ccccc43)C[C@@H]1NC2=O. The Morgan fingerprint density at radius 3 is 2.86 bits per heavy atom. The molecule has 0 spiro atoms. The van der Waals surface area contributed by atoms with Gasteiger partial charge in [-0.3, -0.25) is 14.4 Å². The highest BCUT2D eigenvalue weighted by Gasteiger charge is 2.34. The number of imidazole rings is 1. The predicted molar refractivity (Wildman–Crippen MR) is 158 cm³/mol. The number of benzene rings is 3. The van der Waals surface area contributed by atoms with Crippen LogP contribution in [0.15, 0.2) is 67.0 Å². The summed E-state index contributed by atoms with van der Waals surface area (Å²) in [7, 11) is 1.46. The van der Waals surface area contributed by atoms with Crippen molar-refractivity contribution in [3.05, 3.63) is 83.9 Å². The van der Waals surface area contributed by atoms with Gasteiger partial charge in [0.25, 0.3) is 11.8 Å². The van der Waals surface area contributed by atoms with E-state index in [1.54, 1.807) is 29.4 Å². The monoisotopic (exact) mass is 601 g/mol. The summed E-state index contributed by atoms with van der Waals surface area (Å²) in [6, 6.07) is 16.0. The number of piperidine rings is 1. The van der Waals surface area contributed by atoms with Gasteiger partial charge in [0.1, 0.15) is 17.7 Å². The molecule has 1 saturated heterocycles. The minimum absolute atomic E-state index is 0.0623. The van der Waals surface area contributed by atoms with E-state index in [-0.39, 0.29) is 49.1 Å². The van der Waals surface area contributed by atoms with Crippen molar-refractivity contribution in [2.75, 3.05) is 26.8 Å². The topological polar surface area (TPSA) is 124 Å². The molecule has 4 bridgehead atoms. The molecule has 2 N–H and O–H groups in total. The first-order valence-corrected chi connectivity index (χ1v) is 14.4. The molecule has 6 rings (SSSR count). The third-order valence-electron chi connectivity index (χ3n) is 7.81. The second kappa shape index (κ2) is 12.6. The second-order valence-electron chi connectivity index (χ2n) is 10.8. The highest BCUT2D eigenvalue weighted by Crippen LogP contribution is 2.29. The third kappa shape index (κ3) is 6.43. The molecule has 0 radical (unpaired) electrons. The van der Waals surface area contributed by atoms with Crippen molar-refractivity contribution in [1.29, 1.82) is 0 Å². The first-order valence-electron chi connectivity index (χ1n) is 14.4. The molecule has 0 aliphatic carbocycles. The average Bonchev–Trinajstić information content (AvgIpc) is 3.44. The summed E-state index contributed by atoms with van der Waals surface area (Å²) in [4.78, 5) is 45.4. The largest absolute Gasteiger partial charge is 0.493 e. The van der Waals surface area contributed by atoms with Crippen LogP contribution in [0.25, 0.3) is 11.0 Å². The van der Waals surface area contributed by atoms with E-state index >= 15 is 0 Å². The Bertz CT molecular complexity index is 1710. The number of fused-ring (bicyclic) bond motifs is 6. The molecule has 3 amide bonds. The smallest absolute Gasteiger partial charge is 0.258 e. The molecule has 0 saturated carbocycles. The number of likely N-dealkylation sites (tertiary alicyclic amines) is 1. The molecule has 3 aromatic carbocycles. The van der Waals surface area contributed by atoms with Gasteiger partial charge in [-0.05, 0) is 48.0 Å². The lowest BCUT2D eigenvalue weighted by molar-refractivity contribution is -0.134. The van der Waals surface area contributed by atoms with Gasteiger partial charge in [-0.15, -0.1) is 0 Å². The molecule has 228 valence electrons. The Morgan fingerprint density at radius 1 is 1.14 bits per heavy atom. The Morgan fingerprint density at radius 2 is 2.00 bits per heavy atom. The minimum Gasteiger partial charge on any atom is -0.493 e. The number of aromatic nitrogens is 2. The fourth-order valence-corrected chi connectivity index (χ4v) is 5.54. The molecule has 2 aliphatic heterocycles. The predicted octanol–water partition coefficient (Wildman–Crippen LogP) is 3.06. The number of carbonyl (C=O) groups is 3. The number of methoxy groups -OCH3 is 1. The lowest BCUT2D eigenvalue weighted by atomic mass is 10.0. The molecule has 1 aromatic heterocycles. The Balaban J connectivity index is 1.24. The van der Waals surface area contributed by atoms with Crippen LogP contribution in [0, 0.1) is 5.82 Å². The van der Waals surface area contributed by atoms with Gasteiger partial charge in [0.15, 0.2) is 18.1 Å². The number of nitrogens with one attached hydrogen (secondary N) is 2. The Kier molecular flexibility index (Phi) is 8.31. The molecule has 12 heteroatoms. The first kappa shape index (κ1) is 29.0. The summed E-state index contributed by atoms with van der Waals surface area (Å²) < 4.78 is 33.8. The maximum atomic E-state index is 14.5. The number of ether oxygens (including phenoxy) is 3. The molecule has 3 heterocycles. The highest BCUT2D eigenvalue weighted by molar-refractivity contribution is 5.95. The lowest BCUT2D eigenvalue weighted by Crippen LogP contribution is -2.58. The molecule has 4 aromatic rings. The second-order valence-corrected chi connectivity index (χ2v) is 10.8. The van der Waals surface area contributed by atoms with E-state index in [1.807, 2.05) is 28.8 Å². The average molecular weight is 602 g/mol. The number of aryl methyl sites for hydroxylation is 1. The van der Waals surface area contributed by atoms with Crippen LogP contribution in [0.1, 0.15) is 28.8 Å². The van der Waals surface area contributed by atoms with Crippen LogP contribution in [0.2, 0.25) is 0 Å². The lowest BCUT2D eigenvalue weighted by Gasteiger charge is -2.39. The molecule has 11 nitrogen and oxygen atoms in total. The number of nitrogens with zero attached hydrogens (tertiary/aromatic N) is 3. The Hall–Kier alpha value is -5.13. The van der Waals surface area contributed by atoms with Crippen molar-refractivity contribution in [2.45, 2.75) is 38.1 Å². The van der Waals surface area contributed by atoms with Crippen molar-refractivity contribution in [3.63, 3.8) is 0 Å². The summed E-state index contributed by atoms with van der Waals surface area (Å²) in [5.74, 6) is -0.607. The molecule has 2 atom stereocenters. The molecule has 2 aliphatic rings. The summed E-state index contributed by atoms with van der Waals surface area (Å²) in [6.45, 7) is 0.796. The normalized spacial score (nSPS) is 18.8. The number of rotatable bonds is 4. The van der Waals surface area contributed by atoms with Crippen molar-refractivity contribution in [3.8, 4) is 17.2 Å². The summed E-state index contributed by atoms with van der Waals surface area (Å²) in [5, 5.41) is 5.72. The van der Waals surface area contributed by atoms with Crippen LogP contribution in [0.5, 0.6) is 17.2 Å². The maximum Gasteiger partial charge on any atom is 0.258 e. The van der Waals surface area contributed by atoms with Gasteiger partial charge in [0.05, 0.1) is 30.5 Å². The van der Waals surface area contributed by atoms with E-state index in [1.165, 1.54) is 25.3 Å². The number of hydrogen-bond acceptors (Lipinski definition) is 7. The van der Waals surface area contributed by atoms with E-state index < -0.39 is 29.8 Å². The van der Waals surface area contributed by atoms with Gasteiger partial charge in [-0.25, -0.2) is 9.37 Å². The van der Waals surface area contributed by atoms with Gasteiger partial charge in [0.2, 0.25) is 5.91 Å². The Labute approximate surface area is 252 Å². The fourth-order valence-electron chi connectivity index (χ4n) is 5.54. The zero-order valence-corrected chi connectivity index (χ0v) is 24.1. The van der Waals surface area contributed by atoms with Crippen LogP contribution in [-0.2, 0) is 22.7 Å². The van der Waals surface area contributed by atoms with Crippen molar-refractivity contribution in [1.82, 2.24) is 25.1 Å². The van der Waals surface area contributed by atoms with E-state index in [9.17, 15) is 18.8 Å². The van der Waals surface area contributed by atoms with E-state index in [0.717, 1.165) is 11.0 Å². The zero-order chi connectivity index (χ0) is 30.6. The molecular formula is C32H32FN5O6. The van der Waals surface area contributed by atoms with E-state index in [4.69, 9.17) is 14.2 Å². The van der Waals surface area contributed by atoms with Gasteiger partial charge < -0.3 is 34.3 Å². The van der Waals surface area contributed by atoms with Gasteiger partial charge in [-0.1, -0.05) is 12.1 Å². The maximum absolute atomic E-state index is 14.5. The van der Waals surface area contributed by atoms with Crippen molar-refractivity contribution >= 4 is 28.8 Å². The molecule has 44 heavy (non-hydrogen) atoms. The number of carbonyl (C=O) groups excluding carboxylic acids is 3. The van der Waals surface area contributed by atoms with Crippen LogP contribution in [0.4, 0.5) is 4.39 Å². The number of para-hydroxylation sites is 2. The quantitative estimate of drug-likeness (QED) is 0.369. The number of halogens is 1. The zero-order valence-electron chi connectivity index (χ0n) is 24.1. The minimum atomic E-state index is -0.597. The van der Waals surface area contributed by atoms with Crippen LogP contribution >= 0.6 is 0 Å². The van der Waals surface area contributed by atoms with Crippen LogP contribution in [-0.4, -0.2) is 71.1 Å². The summed E-state index contributed by atoms with van der Waals surface area (Å²) in [5.41, 5.74) is 2.59.